The van der Waals surface area contributed by atoms with Crippen LogP contribution in [-0.2, 0) is 4.74 Å². The van der Waals surface area contributed by atoms with Gasteiger partial charge in [-0.25, -0.2) is 0 Å². The zero-order valence-corrected chi connectivity index (χ0v) is 6.58. The molecular formula is C9H14O. The molecule has 0 aromatic carbocycles. The lowest BCUT2D eigenvalue weighted by atomic mass is 10.1. The summed E-state index contributed by atoms with van der Waals surface area (Å²) >= 11 is 0. The average Bonchev–Trinajstić information content (AvgIpc) is 2.13. The van der Waals surface area contributed by atoms with Crippen molar-refractivity contribution in [3.05, 3.63) is 24.3 Å². The van der Waals surface area contributed by atoms with Gasteiger partial charge in [-0.05, 0) is 12.3 Å². The van der Waals surface area contributed by atoms with E-state index >= 15 is 0 Å². The predicted octanol–water partition coefficient (Wildman–Crippen LogP) is 2.15. The summed E-state index contributed by atoms with van der Waals surface area (Å²) < 4.78 is 5.21. The number of allylic oxidation sites excluding steroid dienone is 3. The van der Waals surface area contributed by atoms with Crippen molar-refractivity contribution in [2.24, 2.45) is 5.92 Å². The first-order valence-corrected chi connectivity index (χ1v) is 3.70. The molecule has 0 radical (unpaired) electrons. The van der Waals surface area contributed by atoms with Crippen molar-refractivity contribution in [1.82, 2.24) is 0 Å². The number of rotatable bonds is 1. The van der Waals surface area contributed by atoms with Crippen molar-refractivity contribution in [2.75, 3.05) is 7.11 Å². The minimum Gasteiger partial charge on any atom is -0.377 e. The van der Waals surface area contributed by atoms with Crippen LogP contribution in [0.25, 0.3) is 0 Å². The number of ether oxygens (including phenoxy) is 1. The topological polar surface area (TPSA) is 9.23 Å². The predicted molar refractivity (Wildman–Crippen MR) is 42.9 cm³/mol. The van der Waals surface area contributed by atoms with Gasteiger partial charge in [0.05, 0.1) is 6.10 Å². The number of hydrogen-bond acceptors (Lipinski definition) is 1. The first-order valence-electron chi connectivity index (χ1n) is 3.70. The van der Waals surface area contributed by atoms with Crippen LogP contribution in [0.4, 0.5) is 0 Å². The van der Waals surface area contributed by atoms with Gasteiger partial charge in [-0.3, -0.25) is 0 Å². The minimum absolute atomic E-state index is 0.310. The summed E-state index contributed by atoms with van der Waals surface area (Å²) in [6, 6.07) is 0. The van der Waals surface area contributed by atoms with E-state index in [0.29, 0.717) is 12.0 Å². The van der Waals surface area contributed by atoms with Gasteiger partial charge in [0.15, 0.2) is 0 Å². The highest BCUT2D eigenvalue weighted by molar-refractivity contribution is 5.10. The molecular weight excluding hydrogens is 124 g/mol. The summed E-state index contributed by atoms with van der Waals surface area (Å²) in [4.78, 5) is 0. The first kappa shape index (κ1) is 7.55. The van der Waals surface area contributed by atoms with Gasteiger partial charge in [-0.1, -0.05) is 31.2 Å². The van der Waals surface area contributed by atoms with Gasteiger partial charge in [0.1, 0.15) is 0 Å². The van der Waals surface area contributed by atoms with Gasteiger partial charge in [-0.15, -0.1) is 0 Å². The van der Waals surface area contributed by atoms with Gasteiger partial charge in [-0.2, -0.15) is 0 Å². The van der Waals surface area contributed by atoms with Crippen LogP contribution in [-0.4, -0.2) is 13.2 Å². The van der Waals surface area contributed by atoms with Crippen molar-refractivity contribution >= 4 is 0 Å². The Kier molecular flexibility index (Phi) is 2.69. The monoisotopic (exact) mass is 138 g/mol. The fourth-order valence-corrected chi connectivity index (χ4v) is 1.14. The first-order chi connectivity index (χ1) is 4.83. The van der Waals surface area contributed by atoms with Gasteiger partial charge in [0.25, 0.3) is 0 Å². The molecule has 0 heterocycles. The molecule has 0 saturated heterocycles. The normalized spacial score (nSPS) is 32.2. The maximum atomic E-state index is 5.21. The highest BCUT2D eigenvalue weighted by Gasteiger charge is 2.07. The number of methoxy groups -OCH3 is 1. The highest BCUT2D eigenvalue weighted by atomic mass is 16.5. The smallest absolute Gasteiger partial charge is 0.0760 e. The third-order valence-corrected chi connectivity index (χ3v) is 1.78. The molecule has 1 rings (SSSR count). The lowest BCUT2D eigenvalue weighted by molar-refractivity contribution is 0.126. The summed E-state index contributed by atoms with van der Waals surface area (Å²) in [6.45, 7) is 2.20. The van der Waals surface area contributed by atoms with Crippen LogP contribution >= 0.6 is 0 Å². The summed E-state index contributed by atoms with van der Waals surface area (Å²) in [6.07, 6.45) is 9.85. The van der Waals surface area contributed by atoms with Gasteiger partial charge in [0.2, 0.25) is 0 Å². The van der Waals surface area contributed by atoms with Gasteiger partial charge in [0, 0.05) is 7.11 Å². The van der Waals surface area contributed by atoms with E-state index in [-0.39, 0.29) is 0 Å². The molecule has 0 aromatic rings. The highest BCUT2D eigenvalue weighted by Crippen LogP contribution is 2.13. The third kappa shape index (κ3) is 1.99. The van der Waals surface area contributed by atoms with Crippen LogP contribution in [0.15, 0.2) is 24.3 Å². The van der Waals surface area contributed by atoms with Gasteiger partial charge >= 0.3 is 0 Å². The van der Waals surface area contributed by atoms with E-state index in [1.807, 2.05) is 0 Å². The Morgan fingerprint density at radius 3 is 2.70 bits per heavy atom. The number of hydrogen-bond donors (Lipinski definition) is 0. The zero-order chi connectivity index (χ0) is 7.40. The molecule has 0 aromatic heterocycles. The Morgan fingerprint density at radius 2 is 2.00 bits per heavy atom. The largest absolute Gasteiger partial charge is 0.377 e. The quantitative estimate of drug-likeness (QED) is 0.539. The van der Waals surface area contributed by atoms with Gasteiger partial charge < -0.3 is 4.74 Å². The Morgan fingerprint density at radius 1 is 1.30 bits per heavy atom. The second-order valence-corrected chi connectivity index (χ2v) is 2.76. The molecule has 0 bridgehead atoms. The van der Waals surface area contributed by atoms with E-state index in [0.717, 1.165) is 6.42 Å². The maximum Gasteiger partial charge on any atom is 0.0760 e. The fraction of sp³-hybridized carbons (Fsp3) is 0.556. The van der Waals surface area contributed by atoms with Crippen LogP contribution in [0.1, 0.15) is 13.3 Å². The van der Waals surface area contributed by atoms with Crippen molar-refractivity contribution in [3.63, 3.8) is 0 Å². The Labute approximate surface area is 62.4 Å². The van der Waals surface area contributed by atoms with Crippen molar-refractivity contribution in [3.8, 4) is 0 Å². The molecule has 56 valence electrons. The van der Waals surface area contributed by atoms with Crippen molar-refractivity contribution in [1.29, 1.82) is 0 Å². The molecule has 1 aliphatic rings. The third-order valence-electron chi connectivity index (χ3n) is 1.78. The molecule has 0 unspecified atom stereocenters. The molecule has 0 N–H and O–H groups in total. The SMILES string of the molecule is CO[C@@H]1C=CC=C[C@H](C)C1. The summed E-state index contributed by atoms with van der Waals surface area (Å²) in [7, 11) is 1.76. The summed E-state index contributed by atoms with van der Waals surface area (Å²) in [5, 5.41) is 0. The second-order valence-electron chi connectivity index (χ2n) is 2.76. The van der Waals surface area contributed by atoms with Crippen molar-refractivity contribution < 1.29 is 4.74 Å². The standard InChI is InChI=1S/C9H14O/c1-8-5-3-4-6-9(7-8)10-2/h3-6,8-9H,7H2,1-2H3/t8-,9+/m0/s1. The molecule has 10 heavy (non-hydrogen) atoms. The summed E-state index contributed by atoms with van der Waals surface area (Å²) in [5.74, 6) is 0.639. The zero-order valence-electron chi connectivity index (χ0n) is 6.58. The fourth-order valence-electron chi connectivity index (χ4n) is 1.14. The lowest BCUT2D eigenvalue weighted by Gasteiger charge is -2.11. The Hall–Kier alpha value is -0.560. The lowest BCUT2D eigenvalue weighted by Crippen LogP contribution is -2.09. The molecule has 1 heteroatoms. The second kappa shape index (κ2) is 3.57. The summed E-state index contributed by atoms with van der Waals surface area (Å²) in [5.41, 5.74) is 0. The van der Waals surface area contributed by atoms with E-state index in [1.54, 1.807) is 7.11 Å². The van der Waals surface area contributed by atoms with E-state index in [1.165, 1.54) is 0 Å². The van der Waals surface area contributed by atoms with Crippen LogP contribution in [0.2, 0.25) is 0 Å². The molecule has 1 aliphatic carbocycles. The van der Waals surface area contributed by atoms with Crippen LogP contribution in [0.3, 0.4) is 0 Å². The van der Waals surface area contributed by atoms with E-state index in [2.05, 4.69) is 31.2 Å². The molecule has 2 atom stereocenters. The van der Waals surface area contributed by atoms with Crippen LogP contribution < -0.4 is 0 Å². The average molecular weight is 138 g/mol. The molecule has 0 aliphatic heterocycles. The molecule has 0 fully saturated rings. The van der Waals surface area contributed by atoms with Crippen molar-refractivity contribution in [2.45, 2.75) is 19.4 Å². The van der Waals surface area contributed by atoms with E-state index < -0.39 is 0 Å². The van der Waals surface area contributed by atoms with E-state index in [4.69, 9.17) is 4.74 Å². The Bertz CT molecular complexity index is 147. The molecule has 0 saturated carbocycles. The maximum absolute atomic E-state index is 5.21. The molecule has 1 nitrogen and oxygen atoms in total. The molecule has 0 amide bonds. The minimum atomic E-state index is 0.310. The van der Waals surface area contributed by atoms with Crippen LogP contribution in [0.5, 0.6) is 0 Å². The van der Waals surface area contributed by atoms with E-state index in [9.17, 15) is 0 Å². The van der Waals surface area contributed by atoms with Crippen LogP contribution in [0, 0.1) is 5.92 Å². The Balaban J connectivity index is 2.51. The molecule has 0 spiro atoms.